The van der Waals surface area contributed by atoms with Crippen molar-refractivity contribution in [2.75, 3.05) is 32.5 Å². The van der Waals surface area contributed by atoms with E-state index >= 15 is 0 Å². The lowest BCUT2D eigenvalue weighted by molar-refractivity contribution is 0.0198. The van der Waals surface area contributed by atoms with Crippen LogP contribution in [-0.2, 0) is 11.3 Å². The highest BCUT2D eigenvalue weighted by Gasteiger charge is 2.31. The van der Waals surface area contributed by atoms with Gasteiger partial charge in [0.15, 0.2) is 5.65 Å². The molecule has 1 saturated heterocycles. The number of pyridine rings is 1. The summed E-state index contributed by atoms with van der Waals surface area (Å²) in [7, 11) is 1.65. The molecule has 1 aliphatic carbocycles. The van der Waals surface area contributed by atoms with E-state index in [0.717, 1.165) is 35.3 Å². The van der Waals surface area contributed by atoms with Crippen LogP contribution < -0.4 is 19.9 Å². The Bertz CT molecular complexity index is 1670. The number of anilines is 1. The Hall–Kier alpha value is -4.60. The molecule has 2 aliphatic rings. The van der Waals surface area contributed by atoms with Crippen molar-refractivity contribution in [3.8, 4) is 28.5 Å². The van der Waals surface area contributed by atoms with Gasteiger partial charge in [-0.3, -0.25) is 0 Å². The van der Waals surface area contributed by atoms with Crippen LogP contribution in [0.2, 0.25) is 0 Å². The van der Waals surface area contributed by atoms with E-state index in [0.29, 0.717) is 66.3 Å². The number of nitrogens with zero attached hydrogens (tertiary/aromatic N) is 4. The average Bonchev–Trinajstić information content (AvgIpc) is 3.86. The summed E-state index contributed by atoms with van der Waals surface area (Å²) in [5, 5.41) is 0.703. The molecule has 45 heavy (non-hydrogen) atoms. The Morgan fingerprint density at radius 3 is 2.49 bits per heavy atom. The molecule has 2 N–H and O–H groups in total. The Balaban J connectivity index is 1.40. The van der Waals surface area contributed by atoms with Gasteiger partial charge in [-0.1, -0.05) is 18.2 Å². The topological polar surface area (TPSA) is 122 Å². The Morgan fingerprint density at radius 2 is 1.78 bits per heavy atom. The van der Waals surface area contributed by atoms with E-state index in [1.54, 1.807) is 12.0 Å². The Morgan fingerprint density at radius 1 is 1.02 bits per heavy atom. The Kier molecular flexibility index (Phi) is 8.65. The second-order valence-corrected chi connectivity index (χ2v) is 12.8. The lowest BCUT2D eigenvalue weighted by Gasteiger charge is -2.34. The van der Waals surface area contributed by atoms with Crippen LogP contribution in [0.1, 0.15) is 63.5 Å². The van der Waals surface area contributed by atoms with Gasteiger partial charge in [0, 0.05) is 19.0 Å². The third kappa shape index (κ3) is 7.21. The number of fused-ring (bicyclic) bond motifs is 1. The number of nitrogens with two attached hydrogens (primary N) is 1. The fraction of sp³-hybridized carbons (Fsp3) is 0.429. The molecule has 6 rings (SSSR count). The van der Waals surface area contributed by atoms with Gasteiger partial charge in [-0.15, -0.1) is 0 Å². The molecule has 1 unspecified atom stereocenters. The van der Waals surface area contributed by atoms with E-state index < -0.39 is 5.60 Å². The monoisotopic (exact) mass is 611 g/mol. The fourth-order valence-electron chi connectivity index (χ4n) is 5.67. The van der Waals surface area contributed by atoms with Crippen LogP contribution in [0.15, 0.2) is 54.9 Å². The number of hydrogen-bond donors (Lipinski definition) is 1. The molecule has 2 fully saturated rings. The lowest BCUT2D eigenvalue weighted by Crippen LogP contribution is -2.42. The van der Waals surface area contributed by atoms with E-state index in [9.17, 15) is 4.79 Å². The summed E-state index contributed by atoms with van der Waals surface area (Å²) in [5.41, 5.74) is 9.74. The van der Waals surface area contributed by atoms with Gasteiger partial charge in [-0.2, -0.15) is 0 Å². The first-order chi connectivity index (χ1) is 21.7. The predicted octanol–water partition coefficient (Wildman–Crippen LogP) is 6.76. The zero-order valence-electron chi connectivity index (χ0n) is 26.4. The first-order valence-corrected chi connectivity index (χ1v) is 15.6. The second kappa shape index (κ2) is 12.8. The van der Waals surface area contributed by atoms with Crippen molar-refractivity contribution in [2.24, 2.45) is 5.92 Å². The van der Waals surface area contributed by atoms with Crippen molar-refractivity contribution in [2.45, 2.75) is 64.6 Å². The number of hydrogen-bond acceptors (Lipinski definition) is 9. The van der Waals surface area contributed by atoms with E-state index in [1.165, 1.54) is 19.2 Å². The summed E-state index contributed by atoms with van der Waals surface area (Å²) in [4.78, 5) is 28.7. The number of amides is 1. The number of benzene rings is 2. The van der Waals surface area contributed by atoms with E-state index in [2.05, 4.69) is 9.97 Å². The van der Waals surface area contributed by atoms with Gasteiger partial charge in [-0.25, -0.2) is 19.7 Å². The van der Waals surface area contributed by atoms with Gasteiger partial charge in [0.25, 0.3) is 0 Å². The van der Waals surface area contributed by atoms with E-state index in [-0.39, 0.29) is 12.0 Å². The summed E-state index contributed by atoms with van der Waals surface area (Å²) in [6.45, 7) is 7.75. The number of methoxy groups -OCH3 is 1. The van der Waals surface area contributed by atoms with E-state index in [4.69, 9.17) is 29.7 Å². The maximum atomic E-state index is 13.1. The maximum absolute atomic E-state index is 13.1. The molecule has 1 aliphatic heterocycles. The molecule has 0 bridgehead atoms. The highest BCUT2D eigenvalue weighted by Crippen LogP contribution is 2.43. The van der Waals surface area contributed by atoms with Crippen LogP contribution in [0.4, 0.5) is 10.6 Å². The van der Waals surface area contributed by atoms with Crippen molar-refractivity contribution in [3.05, 3.63) is 66.0 Å². The molecular formula is C35H41N5O5. The lowest BCUT2D eigenvalue weighted by atomic mass is 9.88. The quantitative estimate of drug-likeness (QED) is 0.219. The van der Waals surface area contributed by atoms with Crippen LogP contribution in [0, 0.1) is 5.92 Å². The third-order valence-electron chi connectivity index (χ3n) is 8.15. The van der Waals surface area contributed by atoms with Crippen LogP contribution in [-0.4, -0.2) is 58.4 Å². The van der Waals surface area contributed by atoms with Gasteiger partial charge < -0.3 is 29.6 Å². The minimum atomic E-state index is -0.578. The predicted molar refractivity (Wildman–Crippen MR) is 173 cm³/mol. The number of ether oxygens (including phenoxy) is 4. The molecule has 236 valence electrons. The average molecular weight is 612 g/mol. The number of aromatic nitrogens is 3. The molecular weight excluding hydrogens is 570 g/mol. The molecule has 4 aromatic rings. The zero-order valence-corrected chi connectivity index (χ0v) is 26.4. The minimum absolute atomic E-state index is 0.0213. The zero-order chi connectivity index (χ0) is 31.6. The number of rotatable bonds is 9. The molecule has 2 aromatic heterocycles. The van der Waals surface area contributed by atoms with E-state index in [1.807, 2.05) is 69.3 Å². The molecule has 3 heterocycles. The molecule has 10 nitrogen and oxygen atoms in total. The fourth-order valence-corrected chi connectivity index (χ4v) is 5.67. The Labute approximate surface area is 263 Å². The highest BCUT2D eigenvalue weighted by molar-refractivity contribution is 5.92. The SMILES string of the molecule is COc1ccc(COc2cccc(OCC3CC3)c2-c2cc(C3CCCN(C(=O)OC(C)(C)C)C3)c3c(N)ncnc3n2)cc1. The summed E-state index contributed by atoms with van der Waals surface area (Å²) in [6, 6.07) is 15.7. The summed E-state index contributed by atoms with van der Waals surface area (Å²) >= 11 is 0. The largest absolute Gasteiger partial charge is 0.497 e. The van der Waals surface area contributed by atoms with Crippen molar-refractivity contribution in [1.82, 2.24) is 19.9 Å². The number of nitrogen functional groups attached to an aromatic ring is 1. The van der Waals surface area contributed by atoms with Crippen molar-refractivity contribution in [1.29, 1.82) is 0 Å². The van der Waals surface area contributed by atoms with Crippen LogP contribution in [0.3, 0.4) is 0 Å². The summed E-state index contributed by atoms with van der Waals surface area (Å²) in [5.74, 6) is 3.04. The first-order valence-electron chi connectivity index (χ1n) is 15.6. The molecule has 10 heteroatoms. The summed E-state index contributed by atoms with van der Waals surface area (Å²) < 4.78 is 23.9. The molecule has 0 spiro atoms. The molecule has 2 aromatic carbocycles. The van der Waals surface area contributed by atoms with Gasteiger partial charge in [0.05, 0.1) is 30.4 Å². The normalized spacial score (nSPS) is 16.8. The van der Waals surface area contributed by atoms with Gasteiger partial charge in [0.2, 0.25) is 0 Å². The standard InChI is InChI=1S/C35H41N5O5/c1-35(2,3)45-34(41)40-16-6-7-24(18-40)26-17-27(39-33-30(26)32(36)37-21-38-33)31-28(43-19-22-10-11-22)8-5-9-29(31)44-20-23-12-14-25(42-4)15-13-23/h5,8-9,12-15,17,21-22,24H,6-7,10-11,16,18-20H2,1-4H3,(H2,36,37,38,39). The van der Waals surface area contributed by atoms with Crippen LogP contribution in [0.25, 0.3) is 22.3 Å². The molecule has 0 radical (unpaired) electrons. The van der Waals surface area contributed by atoms with Gasteiger partial charge in [-0.05, 0) is 93.8 Å². The van der Waals surface area contributed by atoms with Gasteiger partial charge in [0.1, 0.15) is 41.6 Å². The smallest absolute Gasteiger partial charge is 0.410 e. The van der Waals surface area contributed by atoms with Crippen molar-refractivity contribution >= 4 is 22.9 Å². The third-order valence-corrected chi connectivity index (χ3v) is 8.15. The first kappa shape index (κ1) is 30.4. The van der Waals surface area contributed by atoms with Gasteiger partial charge >= 0.3 is 6.09 Å². The highest BCUT2D eigenvalue weighted by atomic mass is 16.6. The summed E-state index contributed by atoms with van der Waals surface area (Å²) in [6.07, 6.45) is 5.16. The molecule has 1 amide bonds. The minimum Gasteiger partial charge on any atom is -0.497 e. The van der Waals surface area contributed by atoms with Crippen molar-refractivity contribution < 1.29 is 23.7 Å². The number of carbonyl (C=O) groups is 1. The van der Waals surface area contributed by atoms with Crippen molar-refractivity contribution in [3.63, 3.8) is 0 Å². The number of likely N-dealkylation sites (tertiary alicyclic amines) is 1. The molecule has 1 atom stereocenters. The second-order valence-electron chi connectivity index (χ2n) is 12.8. The number of carbonyl (C=O) groups excluding carboxylic acids is 1. The maximum Gasteiger partial charge on any atom is 0.410 e. The number of piperidine rings is 1. The van der Waals surface area contributed by atoms with Crippen LogP contribution >= 0.6 is 0 Å². The molecule has 1 saturated carbocycles. The van der Waals surface area contributed by atoms with Crippen LogP contribution in [0.5, 0.6) is 17.2 Å².